The van der Waals surface area contributed by atoms with E-state index in [0.29, 0.717) is 0 Å². The Bertz CT molecular complexity index is 989. The zero-order chi connectivity index (χ0) is 32.5. The summed E-state index contributed by atoms with van der Waals surface area (Å²) in [6.07, 6.45) is 0.197. The molecule has 27 heteroatoms. The van der Waals surface area contributed by atoms with Crippen LogP contribution in [-0.2, 0) is 63.5 Å². The lowest BCUT2D eigenvalue weighted by molar-refractivity contribution is -0.237. The Labute approximate surface area is 239 Å². The number of halogens is 1. The van der Waals surface area contributed by atoms with E-state index in [-0.39, 0.29) is 6.42 Å². The van der Waals surface area contributed by atoms with E-state index in [1.807, 2.05) is 0 Å². The van der Waals surface area contributed by atoms with Crippen LogP contribution in [0.1, 0.15) is 13.3 Å². The molecule has 0 aliphatic rings. The summed E-state index contributed by atoms with van der Waals surface area (Å²) in [7, 11) is -25.1. The van der Waals surface area contributed by atoms with Gasteiger partial charge in [-0.1, -0.05) is 6.92 Å². The quantitative estimate of drug-likeness (QED) is 0.0689. The van der Waals surface area contributed by atoms with Crippen LogP contribution >= 0.6 is 39.1 Å². The van der Waals surface area contributed by atoms with Crippen molar-refractivity contribution in [3.63, 3.8) is 0 Å². The highest BCUT2D eigenvalue weighted by Gasteiger charge is 2.18. The maximum absolute atomic E-state index is 12.4. The van der Waals surface area contributed by atoms with E-state index in [4.69, 9.17) is 10.00 Å². The summed E-state index contributed by atoms with van der Waals surface area (Å²) in [5, 5.41) is 8.75. The van der Waals surface area contributed by atoms with Gasteiger partial charge in [-0.05, 0) is 6.42 Å². The number of phosphoric acid groups is 5. The van der Waals surface area contributed by atoms with Gasteiger partial charge in [0, 0.05) is 11.8 Å². The van der Waals surface area contributed by atoms with Crippen LogP contribution in [-0.4, -0.2) is 82.7 Å². The highest BCUT2D eigenvalue weighted by molar-refractivity contribution is 7.46. The van der Waals surface area contributed by atoms with Gasteiger partial charge in [0.05, 0.1) is 72.7 Å². The lowest BCUT2D eigenvalue weighted by atomic mass is 10.1. The second-order valence-electron chi connectivity index (χ2n) is 7.62. The molecule has 0 aliphatic heterocycles. The highest BCUT2D eigenvalue weighted by Crippen LogP contribution is 2.43. The van der Waals surface area contributed by atoms with Gasteiger partial charge in [-0.25, -0.2) is 0 Å². The molecule has 7 atom stereocenters. The summed E-state index contributed by atoms with van der Waals surface area (Å²) in [6, 6.07) is 0. The number of phosphoric ester groups is 5. The molecule has 0 rings (SSSR count). The molecule has 0 saturated carbocycles. The van der Waals surface area contributed by atoms with Crippen LogP contribution < -0.4 is 24.5 Å². The summed E-state index contributed by atoms with van der Waals surface area (Å²) in [4.78, 5) is 65.5. The zero-order valence-corrected chi connectivity index (χ0v) is 26.4. The molecular weight excluding hydrogens is 690 g/mol. The van der Waals surface area contributed by atoms with Gasteiger partial charge >= 0.3 is 0 Å². The predicted octanol–water partition coefficient (Wildman–Crippen LogP) is -1.93. The normalized spacial score (nSPS) is 20.9. The molecular formula is C15H31FO21P5-5. The third-order valence-corrected chi connectivity index (χ3v) is 8.61. The van der Waals surface area contributed by atoms with Crippen LogP contribution in [0.4, 0.5) is 4.39 Å². The summed E-state index contributed by atoms with van der Waals surface area (Å²) in [5.41, 5.74) is 0. The Balaban J connectivity index is 4.21. The van der Waals surface area contributed by atoms with Crippen molar-refractivity contribution < 1.29 is 102 Å². The van der Waals surface area contributed by atoms with E-state index in [1.165, 1.54) is 0 Å². The van der Waals surface area contributed by atoms with Crippen LogP contribution in [0, 0.1) is 11.8 Å². The van der Waals surface area contributed by atoms with Gasteiger partial charge in [0.1, 0.15) is 0 Å². The van der Waals surface area contributed by atoms with Crippen molar-refractivity contribution in [2.24, 2.45) is 11.8 Å². The third-order valence-electron chi connectivity index (χ3n) is 4.21. The number of aliphatic hydroxyl groups excluding tert-OH is 1. The first kappa shape index (κ1) is 42.4. The van der Waals surface area contributed by atoms with Crippen molar-refractivity contribution in [2.45, 2.75) is 13.3 Å². The summed E-state index contributed by atoms with van der Waals surface area (Å²) < 4.78 is 108. The van der Waals surface area contributed by atoms with Crippen LogP contribution in [0.15, 0.2) is 0 Å². The first-order chi connectivity index (χ1) is 19.3. The number of hydrogen-bond donors (Lipinski definition) is 2. The van der Waals surface area contributed by atoms with Gasteiger partial charge in [-0.3, -0.25) is 27.2 Å². The predicted molar refractivity (Wildman–Crippen MR) is 124 cm³/mol. The SMILES string of the molecule is CCC(COP(=O)([O-])O)COP(=O)([O-])OCCOP(=O)([O-])OCCOP(=O)([O-])OCCOP(=O)([O-])OCC(CO)CF. The molecule has 0 heterocycles. The van der Waals surface area contributed by atoms with Gasteiger partial charge in [0.2, 0.25) is 0 Å². The zero-order valence-electron chi connectivity index (χ0n) is 21.9. The topological polar surface area (TPSA) is 324 Å². The van der Waals surface area contributed by atoms with E-state index in [2.05, 4.69) is 40.7 Å². The maximum Gasteiger partial charge on any atom is 0.268 e. The lowest BCUT2D eigenvalue weighted by Gasteiger charge is -2.27. The average molecular weight is 721 g/mol. The fraction of sp³-hybridized carbons (Fsp3) is 1.00. The minimum absolute atomic E-state index is 0.197. The third kappa shape index (κ3) is 23.8. The molecule has 0 aromatic heterocycles. The molecule has 0 aliphatic carbocycles. The van der Waals surface area contributed by atoms with E-state index in [1.54, 1.807) is 6.92 Å². The number of hydrogen-bond acceptors (Lipinski definition) is 20. The first-order valence-corrected chi connectivity index (χ1v) is 18.8. The Morgan fingerprint density at radius 3 is 1.12 bits per heavy atom. The van der Waals surface area contributed by atoms with Crippen LogP contribution in [0.2, 0.25) is 0 Å². The standard InChI is InChI=1S/C15H36FO21P5/c1-2-14(11-35-38(18,19)20)12-36-41(25,26)33-7-5-31-39(21,22)29-3-4-30-40(23,24)32-6-8-34-42(27,28)37-13-15(9-16)10-17/h14-15,17H,2-13H2,1H3,(H,21,22)(H,23,24)(H,25,26)(H,27,28)(H2,18,19,20)/p-5. The molecule has 0 aromatic carbocycles. The molecule has 0 aromatic rings. The van der Waals surface area contributed by atoms with Crippen LogP contribution in [0.3, 0.4) is 0 Å². The second kappa shape index (κ2) is 20.5. The van der Waals surface area contributed by atoms with E-state index < -0.39 is 124 Å². The Kier molecular flexibility index (Phi) is 20.8. The first-order valence-electron chi connectivity index (χ1n) is 11.5. The molecule has 0 bridgehead atoms. The van der Waals surface area contributed by atoms with Crippen LogP contribution in [0.5, 0.6) is 0 Å². The minimum Gasteiger partial charge on any atom is -0.756 e. The van der Waals surface area contributed by atoms with Crippen molar-refractivity contribution in [3.05, 3.63) is 0 Å². The van der Waals surface area contributed by atoms with Gasteiger partial charge in [-0.2, -0.15) is 0 Å². The van der Waals surface area contributed by atoms with E-state index in [9.17, 15) is 51.7 Å². The molecule has 2 N–H and O–H groups in total. The number of aliphatic hydroxyl groups is 1. The molecule has 7 unspecified atom stereocenters. The Morgan fingerprint density at radius 1 is 0.571 bits per heavy atom. The summed E-state index contributed by atoms with van der Waals surface area (Å²) in [5.74, 6) is -1.88. The van der Waals surface area contributed by atoms with Gasteiger partial charge in [0.25, 0.3) is 39.1 Å². The number of alkyl halides is 1. The largest absolute Gasteiger partial charge is 0.756 e. The van der Waals surface area contributed by atoms with Crippen molar-refractivity contribution in [2.75, 3.05) is 72.7 Å². The molecule has 0 fully saturated rings. The lowest BCUT2D eigenvalue weighted by Crippen LogP contribution is -2.20. The van der Waals surface area contributed by atoms with E-state index >= 15 is 0 Å². The second-order valence-corrected chi connectivity index (χ2v) is 14.5. The highest BCUT2D eigenvalue weighted by atomic mass is 31.2. The van der Waals surface area contributed by atoms with Gasteiger partial charge in [0.15, 0.2) is 0 Å². The fourth-order valence-corrected chi connectivity index (χ4v) is 5.34. The van der Waals surface area contributed by atoms with Crippen molar-refractivity contribution in [1.29, 1.82) is 0 Å². The molecule has 0 amide bonds. The monoisotopic (exact) mass is 721 g/mol. The molecule has 0 saturated heterocycles. The maximum atomic E-state index is 12.4. The summed E-state index contributed by atoms with van der Waals surface area (Å²) in [6.45, 7) is -7.38. The molecule has 0 spiro atoms. The number of rotatable bonds is 27. The van der Waals surface area contributed by atoms with Crippen molar-refractivity contribution in [3.8, 4) is 0 Å². The van der Waals surface area contributed by atoms with E-state index in [0.717, 1.165) is 0 Å². The smallest absolute Gasteiger partial charge is 0.268 e. The fourth-order valence-electron chi connectivity index (χ4n) is 2.07. The van der Waals surface area contributed by atoms with Crippen molar-refractivity contribution >= 4 is 39.1 Å². The van der Waals surface area contributed by atoms with Crippen LogP contribution in [0.25, 0.3) is 0 Å². The Hall–Kier alpha value is 0.440. The minimum atomic E-state index is -5.09. The van der Waals surface area contributed by atoms with Gasteiger partial charge in [-0.15, -0.1) is 0 Å². The molecule has 21 nitrogen and oxygen atoms in total. The summed E-state index contributed by atoms with van der Waals surface area (Å²) >= 11 is 0. The molecule has 42 heavy (non-hydrogen) atoms. The van der Waals surface area contributed by atoms with Gasteiger partial charge < -0.3 is 75.2 Å². The average Bonchev–Trinajstić information content (AvgIpc) is 2.87. The molecule has 0 radical (unpaired) electrons. The van der Waals surface area contributed by atoms with Crippen molar-refractivity contribution in [1.82, 2.24) is 0 Å². The Morgan fingerprint density at radius 2 is 0.857 bits per heavy atom. The molecule has 254 valence electrons.